The first kappa shape index (κ1) is 42.4. The smallest absolute Gasteiger partial charge is 0.242 e. The van der Waals surface area contributed by atoms with Gasteiger partial charge in [0.2, 0.25) is 13.4 Å². The third-order valence-corrected chi connectivity index (χ3v) is 14.5. The van der Waals surface area contributed by atoms with Gasteiger partial charge in [0.1, 0.15) is 11.5 Å². The third-order valence-electron chi connectivity index (χ3n) is 14.5. The first-order valence-corrected chi connectivity index (χ1v) is 23.4. The summed E-state index contributed by atoms with van der Waals surface area (Å²) in [5.74, 6) is 1.83. The maximum atomic E-state index is 6.99. The molecule has 0 radical (unpaired) electrons. The van der Waals surface area contributed by atoms with Crippen molar-refractivity contribution in [2.75, 3.05) is 0 Å². The summed E-state index contributed by atoms with van der Waals surface area (Å²) in [6, 6.07) is 51.1. The summed E-state index contributed by atoms with van der Waals surface area (Å²) in [6.07, 6.45) is 0. The van der Waals surface area contributed by atoms with E-state index in [2.05, 4.69) is 217 Å². The molecule has 1 heterocycles. The van der Waals surface area contributed by atoms with Crippen LogP contribution in [0, 0.1) is 83.1 Å². The molecule has 0 bridgehead atoms. The highest BCUT2D eigenvalue weighted by Crippen LogP contribution is 2.48. The molecule has 0 saturated heterocycles. The van der Waals surface area contributed by atoms with Crippen LogP contribution in [-0.2, 0) is 0 Å². The van der Waals surface area contributed by atoms with Crippen molar-refractivity contribution in [2.24, 2.45) is 0 Å². The molecule has 0 saturated carbocycles. The summed E-state index contributed by atoms with van der Waals surface area (Å²) in [4.78, 5) is 0. The Balaban J connectivity index is 1.06. The molecule has 1 nitrogen and oxygen atoms in total. The van der Waals surface area contributed by atoms with Crippen LogP contribution in [0.15, 0.2) is 133 Å². The summed E-state index contributed by atoms with van der Waals surface area (Å²) in [7, 11) is 0. The fraction of sp³-hybridized carbons (Fsp3) is 0.194. The fourth-order valence-corrected chi connectivity index (χ4v) is 12.2. The maximum absolute atomic E-state index is 6.99. The molecule has 1 aliphatic heterocycles. The second-order valence-corrected chi connectivity index (χ2v) is 19.6. The molecule has 0 unspecified atom stereocenters. The quantitative estimate of drug-likeness (QED) is 0.115. The lowest BCUT2D eigenvalue weighted by Crippen LogP contribution is -2.55. The van der Waals surface area contributed by atoms with E-state index in [4.69, 9.17) is 4.74 Å². The Hall–Kier alpha value is -6.57. The van der Waals surface area contributed by atoms with Crippen molar-refractivity contribution in [3.05, 3.63) is 200 Å². The molecule has 0 amide bonds. The van der Waals surface area contributed by atoms with Gasteiger partial charge in [-0.05, 0) is 140 Å². The van der Waals surface area contributed by atoms with Gasteiger partial charge in [0.25, 0.3) is 0 Å². The highest BCUT2D eigenvalue weighted by Gasteiger charge is 2.32. The largest absolute Gasteiger partial charge is 0.456 e. The number of aryl methyl sites for hydroxylation is 12. The Morgan fingerprint density at radius 3 is 1.23 bits per heavy atom. The van der Waals surface area contributed by atoms with Gasteiger partial charge in [0.15, 0.2) is 0 Å². The lowest BCUT2D eigenvalue weighted by atomic mass is 9.34. The molecular weight excluding hydrogens is 782 g/mol. The average molecular weight is 841 g/mol. The van der Waals surface area contributed by atoms with Gasteiger partial charge in [-0.1, -0.05) is 209 Å². The topological polar surface area (TPSA) is 9.23 Å². The molecule has 1 aliphatic rings. The highest BCUT2D eigenvalue weighted by molar-refractivity contribution is 6.97. The van der Waals surface area contributed by atoms with Crippen molar-refractivity contribution in [1.29, 1.82) is 0 Å². The second-order valence-electron chi connectivity index (χ2n) is 19.6. The van der Waals surface area contributed by atoms with Crippen molar-refractivity contribution in [1.82, 2.24) is 0 Å². The minimum atomic E-state index is 0.0731. The number of hydrogen-bond acceptors (Lipinski definition) is 1. The maximum Gasteiger partial charge on any atom is 0.242 e. The van der Waals surface area contributed by atoms with Crippen molar-refractivity contribution < 1.29 is 4.74 Å². The molecule has 0 N–H and O–H groups in total. The van der Waals surface area contributed by atoms with Crippen LogP contribution < -0.4 is 37.5 Å². The highest BCUT2D eigenvalue weighted by atomic mass is 16.5. The van der Waals surface area contributed by atoms with E-state index < -0.39 is 0 Å². The Kier molecular flexibility index (Phi) is 10.5. The molecule has 0 aliphatic carbocycles. The molecule has 0 spiro atoms. The summed E-state index contributed by atoms with van der Waals surface area (Å²) >= 11 is 0. The standard InChI is InChI=1S/C62H58B2O/c1-35-24-39(5)59(40(6)25-35)63(60-41(7)26-36(2)27-42(60)8)50-20-18-47(19-21-50)48-16-17-49-33-55-52-23-22-51(34-57(52)65-56-15-13-14-53(58(55)56)54(49)32-48)64(61-43(9)28-37(3)29-44(61)10)62-45(11)30-38(4)31-46(62)12/h13-34H,1-12H3. The van der Waals surface area contributed by atoms with E-state index in [1.54, 1.807) is 0 Å². The Labute approximate surface area is 387 Å². The van der Waals surface area contributed by atoms with E-state index in [1.807, 2.05) is 0 Å². The van der Waals surface area contributed by atoms with Crippen LogP contribution in [0.1, 0.15) is 66.8 Å². The van der Waals surface area contributed by atoms with E-state index in [0.29, 0.717) is 0 Å². The molecule has 3 heteroatoms. The minimum Gasteiger partial charge on any atom is -0.456 e. The predicted molar refractivity (Wildman–Crippen MR) is 284 cm³/mol. The molecule has 318 valence electrons. The van der Waals surface area contributed by atoms with Gasteiger partial charge in [0, 0.05) is 10.9 Å². The van der Waals surface area contributed by atoms with E-state index in [9.17, 15) is 0 Å². The van der Waals surface area contributed by atoms with E-state index in [1.165, 1.54) is 138 Å². The number of ether oxygens (including phenoxy) is 1. The third kappa shape index (κ3) is 7.30. The predicted octanol–water partition coefficient (Wildman–Crippen LogP) is 12.2. The molecule has 65 heavy (non-hydrogen) atoms. The van der Waals surface area contributed by atoms with Gasteiger partial charge in [-0.2, -0.15) is 0 Å². The Morgan fingerprint density at radius 1 is 0.323 bits per heavy atom. The summed E-state index contributed by atoms with van der Waals surface area (Å²) in [6.45, 7) is 27.2. The number of benzene rings is 9. The summed E-state index contributed by atoms with van der Waals surface area (Å²) in [5, 5.41) is 4.86. The van der Waals surface area contributed by atoms with Gasteiger partial charge in [-0.3, -0.25) is 0 Å². The molecule has 0 aromatic heterocycles. The van der Waals surface area contributed by atoms with Crippen LogP contribution in [0.4, 0.5) is 0 Å². The van der Waals surface area contributed by atoms with Crippen LogP contribution in [0.3, 0.4) is 0 Å². The molecular formula is C62H58B2O. The van der Waals surface area contributed by atoms with Crippen LogP contribution in [-0.4, -0.2) is 13.4 Å². The second kappa shape index (κ2) is 16.1. The molecule has 10 rings (SSSR count). The monoisotopic (exact) mass is 840 g/mol. The van der Waals surface area contributed by atoms with Gasteiger partial charge >= 0.3 is 0 Å². The zero-order valence-corrected chi connectivity index (χ0v) is 40.3. The number of rotatable bonds is 7. The van der Waals surface area contributed by atoms with Crippen molar-refractivity contribution in [3.63, 3.8) is 0 Å². The summed E-state index contributed by atoms with van der Waals surface area (Å²) in [5.41, 5.74) is 28.9. The normalized spacial score (nSPS) is 11.8. The number of hydrogen-bond donors (Lipinski definition) is 0. The molecule has 9 aromatic rings. The van der Waals surface area contributed by atoms with Crippen LogP contribution in [0.25, 0.3) is 43.8 Å². The van der Waals surface area contributed by atoms with Crippen LogP contribution >= 0.6 is 0 Å². The van der Waals surface area contributed by atoms with Crippen molar-refractivity contribution >= 4 is 67.7 Å². The van der Waals surface area contributed by atoms with E-state index in [0.717, 1.165) is 17.1 Å². The van der Waals surface area contributed by atoms with Crippen LogP contribution in [0.5, 0.6) is 11.5 Å². The molecule has 9 aromatic carbocycles. The average Bonchev–Trinajstić information content (AvgIpc) is 3.24. The first-order chi connectivity index (χ1) is 31.1. The lowest BCUT2D eigenvalue weighted by molar-refractivity contribution is 0.487. The Morgan fingerprint density at radius 2 is 0.754 bits per heavy atom. The zero-order chi connectivity index (χ0) is 45.6. The lowest BCUT2D eigenvalue weighted by Gasteiger charge is -2.27. The number of fused-ring (bicyclic) bond motifs is 4. The summed E-state index contributed by atoms with van der Waals surface area (Å²) < 4.78 is 6.99. The molecule has 0 fully saturated rings. The fourth-order valence-electron chi connectivity index (χ4n) is 12.2. The van der Waals surface area contributed by atoms with Crippen molar-refractivity contribution in [3.8, 4) is 33.8 Å². The van der Waals surface area contributed by atoms with Gasteiger partial charge in [0.05, 0.1) is 0 Å². The van der Waals surface area contributed by atoms with E-state index in [-0.39, 0.29) is 13.4 Å². The van der Waals surface area contributed by atoms with E-state index >= 15 is 0 Å². The Bertz CT molecular complexity index is 3220. The zero-order valence-electron chi connectivity index (χ0n) is 40.3. The minimum absolute atomic E-state index is 0.0731. The van der Waals surface area contributed by atoms with Crippen molar-refractivity contribution in [2.45, 2.75) is 83.1 Å². The van der Waals surface area contributed by atoms with Gasteiger partial charge < -0.3 is 4.74 Å². The van der Waals surface area contributed by atoms with Gasteiger partial charge in [-0.25, -0.2) is 0 Å². The van der Waals surface area contributed by atoms with Crippen LogP contribution in [0.2, 0.25) is 0 Å². The molecule has 0 atom stereocenters. The first-order valence-electron chi connectivity index (χ1n) is 23.4. The SMILES string of the molecule is Cc1cc(C)c(B(c2ccc(-c3ccc4cc5c6c(cccc6c4c3)Oc3cc(B(c4c(C)cc(C)cc4C)c4c(C)cc(C)cc4C)ccc3-5)cc2)c2c(C)cc(C)cc2C)c(C)c1. The van der Waals surface area contributed by atoms with Gasteiger partial charge in [-0.15, -0.1) is 0 Å².